The number of nitrogens with one attached hydrogen (secondary N) is 3. The summed E-state index contributed by atoms with van der Waals surface area (Å²) < 4.78 is 0. The lowest BCUT2D eigenvalue weighted by atomic mass is 10.0. The number of rotatable bonds is 10. The lowest BCUT2D eigenvalue weighted by molar-refractivity contribution is -0.130. The first-order valence-electron chi connectivity index (χ1n) is 9.93. The molecule has 3 N–H and O–H groups in total. The Kier molecular flexibility index (Phi) is 10.1. The van der Waals surface area contributed by atoms with Gasteiger partial charge in [0, 0.05) is 26.6 Å². The molecule has 156 valence electrons. The number of likely N-dealkylation sites (N-methyl/N-ethyl adjacent to an activating group) is 1. The molecule has 7 heteroatoms. The van der Waals surface area contributed by atoms with Gasteiger partial charge in [0.15, 0.2) is 0 Å². The van der Waals surface area contributed by atoms with Crippen LogP contribution in [0, 0.1) is 5.92 Å². The van der Waals surface area contributed by atoms with Gasteiger partial charge in [0.1, 0.15) is 12.1 Å². The molecular formula is C21H34N4O3. The average Bonchev–Trinajstić information content (AvgIpc) is 2.67. The lowest BCUT2D eigenvalue weighted by Gasteiger charge is -2.26. The van der Waals surface area contributed by atoms with Gasteiger partial charge in [-0.2, -0.15) is 0 Å². The third-order valence-corrected chi connectivity index (χ3v) is 4.53. The van der Waals surface area contributed by atoms with Crippen LogP contribution in [-0.4, -0.2) is 55.0 Å². The van der Waals surface area contributed by atoms with Crippen molar-refractivity contribution in [3.8, 4) is 0 Å². The van der Waals surface area contributed by atoms with Crippen molar-refractivity contribution in [1.29, 1.82) is 0 Å². The SMILES string of the molecule is CCN(CC)C(=O)N[C@@H](Cc1ccccc1)C(=O)N[C@@H](CC(C)C)C(=O)NC. The van der Waals surface area contributed by atoms with Crippen molar-refractivity contribution < 1.29 is 14.4 Å². The maximum absolute atomic E-state index is 13.0. The number of hydrogen-bond acceptors (Lipinski definition) is 3. The zero-order valence-corrected chi connectivity index (χ0v) is 17.6. The molecular weight excluding hydrogens is 356 g/mol. The second-order valence-corrected chi connectivity index (χ2v) is 7.17. The van der Waals surface area contributed by atoms with Crippen molar-refractivity contribution in [3.63, 3.8) is 0 Å². The molecule has 0 spiro atoms. The van der Waals surface area contributed by atoms with E-state index in [1.807, 2.05) is 58.0 Å². The Morgan fingerprint density at radius 2 is 1.54 bits per heavy atom. The van der Waals surface area contributed by atoms with Gasteiger partial charge in [-0.15, -0.1) is 0 Å². The molecule has 28 heavy (non-hydrogen) atoms. The fourth-order valence-electron chi connectivity index (χ4n) is 2.96. The van der Waals surface area contributed by atoms with E-state index < -0.39 is 12.1 Å². The van der Waals surface area contributed by atoms with E-state index in [0.29, 0.717) is 25.9 Å². The molecule has 7 nitrogen and oxygen atoms in total. The molecule has 2 atom stereocenters. The summed E-state index contributed by atoms with van der Waals surface area (Å²) in [5.41, 5.74) is 0.933. The Bertz CT molecular complexity index is 630. The minimum atomic E-state index is -0.769. The van der Waals surface area contributed by atoms with Crippen molar-refractivity contribution in [2.24, 2.45) is 5.92 Å². The second kappa shape index (κ2) is 12.0. The highest BCUT2D eigenvalue weighted by molar-refractivity contribution is 5.92. The predicted octanol–water partition coefficient (Wildman–Crippen LogP) is 1.93. The summed E-state index contributed by atoms with van der Waals surface area (Å²) in [4.78, 5) is 39.3. The molecule has 0 bridgehead atoms. The highest BCUT2D eigenvalue weighted by Crippen LogP contribution is 2.08. The summed E-state index contributed by atoms with van der Waals surface area (Å²) in [6.07, 6.45) is 0.870. The average molecular weight is 391 g/mol. The molecule has 0 fully saturated rings. The van der Waals surface area contributed by atoms with E-state index in [0.717, 1.165) is 5.56 Å². The zero-order valence-electron chi connectivity index (χ0n) is 17.6. The molecule has 0 saturated carbocycles. The Labute approximate surface area is 168 Å². The first-order valence-corrected chi connectivity index (χ1v) is 9.93. The minimum absolute atomic E-state index is 0.237. The first kappa shape index (κ1) is 23.5. The second-order valence-electron chi connectivity index (χ2n) is 7.17. The van der Waals surface area contributed by atoms with Crippen LogP contribution in [0.4, 0.5) is 4.79 Å². The molecule has 1 rings (SSSR count). The van der Waals surface area contributed by atoms with Gasteiger partial charge in [0.2, 0.25) is 11.8 Å². The van der Waals surface area contributed by atoms with Gasteiger partial charge in [0.25, 0.3) is 0 Å². The molecule has 0 unspecified atom stereocenters. The number of amides is 4. The summed E-state index contributed by atoms with van der Waals surface area (Å²) in [6.45, 7) is 8.86. The summed E-state index contributed by atoms with van der Waals surface area (Å²) in [5.74, 6) is -0.366. The maximum Gasteiger partial charge on any atom is 0.318 e. The molecule has 4 amide bonds. The summed E-state index contributed by atoms with van der Waals surface area (Å²) >= 11 is 0. The normalized spacial score (nSPS) is 12.8. The molecule has 0 saturated heterocycles. The van der Waals surface area contributed by atoms with Gasteiger partial charge in [-0.05, 0) is 31.7 Å². The van der Waals surface area contributed by atoms with Crippen LogP contribution in [-0.2, 0) is 16.0 Å². The zero-order chi connectivity index (χ0) is 21.1. The Hall–Kier alpha value is -2.57. The van der Waals surface area contributed by atoms with Gasteiger partial charge in [0.05, 0.1) is 0 Å². The maximum atomic E-state index is 13.0. The third kappa shape index (κ3) is 7.58. The fourth-order valence-corrected chi connectivity index (χ4v) is 2.96. The Morgan fingerprint density at radius 3 is 2.04 bits per heavy atom. The standard InChI is InChI=1S/C21H34N4O3/c1-6-25(7-2)21(28)24-18(14-16-11-9-8-10-12-16)20(27)23-17(13-15(3)4)19(26)22-5/h8-12,15,17-18H,6-7,13-14H2,1-5H3,(H,22,26)(H,23,27)(H,24,28)/t17-,18-/m0/s1. The van der Waals surface area contributed by atoms with Crippen LogP contribution in [0.15, 0.2) is 30.3 Å². The number of urea groups is 1. The van der Waals surface area contributed by atoms with Crippen molar-refractivity contribution in [1.82, 2.24) is 20.9 Å². The molecule has 0 aromatic heterocycles. The monoisotopic (exact) mass is 390 g/mol. The molecule has 0 aliphatic carbocycles. The number of benzene rings is 1. The smallest absolute Gasteiger partial charge is 0.318 e. The van der Waals surface area contributed by atoms with Crippen molar-refractivity contribution in [2.45, 2.75) is 52.6 Å². The number of carbonyl (C=O) groups is 3. The van der Waals surface area contributed by atoms with Crippen molar-refractivity contribution >= 4 is 17.8 Å². The van der Waals surface area contributed by atoms with E-state index in [-0.39, 0.29) is 23.8 Å². The van der Waals surface area contributed by atoms with Gasteiger partial charge in [-0.25, -0.2) is 4.79 Å². The van der Waals surface area contributed by atoms with Crippen molar-refractivity contribution in [3.05, 3.63) is 35.9 Å². The van der Waals surface area contributed by atoms with Crippen LogP contribution in [0.2, 0.25) is 0 Å². The molecule has 0 aliphatic rings. The van der Waals surface area contributed by atoms with E-state index in [1.165, 1.54) is 0 Å². The van der Waals surface area contributed by atoms with E-state index in [1.54, 1.807) is 11.9 Å². The van der Waals surface area contributed by atoms with E-state index in [4.69, 9.17) is 0 Å². The minimum Gasteiger partial charge on any atom is -0.357 e. The summed E-state index contributed by atoms with van der Waals surface area (Å²) in [6, 6.07) is 7.81. The fraction of sp³-hybridized carbons (Fsp3) is 0.571. The van der Waals surface area contributed by atoms with Gasteiger partial charge >= 0.3 is 6.03 Å². The summed E-state index contributed by atoms with van der Waals surface area (Å²) in [5, 5.41) is 8.23. The summed E-state index contributed by atoms with van der Waals surface area (Å²) in [7, 11) is 1.55. The van der Waals surface area contributed by atoms with Crippen LogP contribution in [0.25, 0.3) is 0 Å². The van der Waals surface area contributed by atoms with Crippen LogP contribution < -0.4 is 16.0 Å². The van der Waals surface area contributed by atoms with E-state index in [9.17, 15) is 14.4 Å². The highest BCUT2D eigenvalue weighted by Gasteiger charge is 2.28. The van der Waals surface area contributed by atoms with Gasteiger partial charge < -0.3 is 20.9 Å². The van der Waals surface area contributed by atoms with Crippen LogP contribution in [0.3, 0.4) is 0 Å². The van der Waals surface area contributed by atoms with Crippen LogP contribution >= 0.6 is 0 Å². The topological polar surface area (TPSA) is 90.5 Å². The molecule has 0 aliphatic heterocycles. The van der Waals surface area contributed by atoms with Crippen molar-refractivity contribution in [2.75, 3.05) is 20.1 Å². The molecule has 0 heterocycles. The van der Waals surface area contributed by atoms with Gasteiger partial charge in [-0.3, -0.25) is 9.59 Å². The van der Waals surface area contributed by atoms with Crippen LogP contribution in [0.5, 0.6) is 0 Å². The molecule has 1 aromatic carbocycles. The number of carbonyl (C=O) groups excluding carboxylic acids is 3. The molecule has 1 aromatic rings. The first-order chi connectivity index (χ1) is 13.3. The highest BCUT2D eigenvalue weighted by atomic mass is 16.2. The molecule has 0 radical (unpaired) electrons. The quantitative estimate of drug-likeness (QED) is 0.570. The lowest BCUT2D eigenvalue weighted by Crippen LogP contribution is -2.56. The van der Waals surface area contributed by atoms with E-state index >= 15 is 0 Å². The van der Waals surface area contributed by atoms with E-state index in [2.05, 4.69) is 16.0 Å². The third-order valence-electron chi connectivity index (χ3n) is 4.53. The largest absolute Gasteiger partial charge is 0.357 e. The Morgan fingerprint density at radius 1 is 0.929 bits per heavy atom. The Balaban J connectivity index is 2.98. The van der Waals surface area contributed by atoms with Gasteiger partial charge in [-0.1, -0.05) is 44.2 Å². The predicted molar refractivity (Wildman–Crippen MR) is 111 cm³/mol. The van der Waals surface area contributed by atoms with Crippen LogP contribution in [0.1, 0.15) is 39.7 Å². The number of nitrogens with zero attached hydrogens (tertiary/aromatic N) is 1. The number of hydrogen-bond donors (Lipinski definition) is 3.